The molecular weight excluding hydrogens is 308 g/mol. The van der Waals surface area contributed by atoms with E-state index in [1.807, 2.05) is 25.1 Å². The predicted molar refractivity (Wildman–Crippen MR) is 91.0 cm³/mol. The first-order valence-electron chi connectivity index (χ1n) is 8.26. The highest BCUT2D eigenvalue weighted by Gasteiger charge is 2.31. The number of piperidine rings is 1. The molecule has 2 amide bonds. The molecule has 0 aromatic heterocycles. The van der Waals surface area contributed by atoms with Crippen molar-refractivity contribution < 1.29 is 19.1 Å². The average Bonchev–Trinajstić information content (AvgIpc) is 2.59. The van der Waals surface area contributed by atoms with Gasteiger partial charge in [0.1, 0.15) is 0 Å². The Morgan fingerprint density at radius 1 is 1.21 bits per heavy atom. The first-order valence-corrected chi connectivity index (χ1v) is 8.26. The van der Waals surface area contributed by atoms with Gasteiger partial charge in [-0.3, -0.25) is 9.59 Å². The Hall–Kier alpha value is -2.24. The van der Waals surface area contributed by atoms with E-state index in [4.69, 9.17) is 15.2 Å². The van der Waals surface area contributed by atoms with Crippen molar-refractivity contribution in [2.45, 2.75) is 38.6 Å². The maximum Gasteiger partial charge on any atom is 0.223 e. The molecule has 132 valence electrons. The van der Waals surface area contributed by atoms with Crippen LogP contribution in [0.4, 0.5) is 0 Å². The maximum absolute atomic E-state index is 12.5. The van der Waals surface area contributed by atoms with E-state index in [2.05, 4.69) is 0 Å². The summed E-state index contributed by atoms with van der Waals surface area (Å²) < 4.78 is 10.5. The molecule has 0 radical (unpaired) electrons. The lowest BCUT2D eigenvalue weighted by molar-refractivity contribution is -0.137. The van der Waals surface area contributed by atoms with Crippen LogP contribution >= 0.6 is 0 Å². The Balaban J connectivity index is 1.98. The summed E-state index contributed by atoms with van der Waals surface area (Å²) >= 11 is 0. The normalized spacial score (nSPS) is 20.5. The van der Waals surface area contributed by atoms with Crippen molar-refractivity contribution in [3.8, 4) is 11.5 Å². The van der Waals surface area contributed by atoms with Gasteiger partial charge in [-0.25, -0.2) is 0 Å². The van der Waals surface area contributed by atoms with Crippen molar-refractivity contribution in [3.63, 3.8) is 0 Å². The number of primary amides is 1. The maximum atomic E-state index is 12.5. The summed E-state index contributed by atoms with van der Waals surface area (Å²) in [6, 6.07) is 5.81. The molecule has 2 atom stereocenters. The quantitative estimate of drug-likeness (QED) is 0.859. The van der Waals surface area contributed by atoms with E-state index in [1.54, 1.807) is 19.1 Å². The lowest BCUT2D eigenvalue weighted by Crippen LogP contribution is -2.48. The van der Waals surface area contributed by atoms with Crippen LogP contribution in [-0.4, -0.2) is 43.5 Å². The lowest BCUT2D eigenvalue weighted by atomic mass is 9.92. The van der Waals surface area contributed by atoms with Gasteiger partial charge in [-0.1, -0.05) is 6.07 Å². The van der Waals surface area contributed by atoms with Gasteiger partial charge in [-0.2, -0.15) is 0 Å². The Labute approximate surface area is 142 Å². The fraction of sp³-hybridized carbons (Fsp3) is 0.556. The summed E-state index contributed by atoms with van der Waals surface area (Å²) in [6.07, 6.45) is 2.58. The number of aryl methyl sites for hydroxylation is 1. The third kappa shape index (κ3) is 4.19. The zero-order valence-electron chi connectivity index (χ0n) is 14.6. The molecule has 1 aliphatic heterocycles. The minimum Gasteiger partial charge on any atom is -0.493 e. The predicted octanol–water partition coefficient (Wildman–Crippen LogP) is 1.75. The molecular formula is C18H26N2O4. The molecule has 1 heterocycles. The van der Waals surface area contributed by atoms with E-state index in [9.17, 15) is 9.59 Å². The highest BCUT2D eigenvalue weighted by atomic mass is 16.5. The van der Waals surface area contributed by atoms with E-state index >= 15 is 0 Å². The van der Waals surface area contributed by atoms with Gasteiger partial charge in [0, 0.05) is 19.0 Å². The number of nitrogens with zero attached hydrogens (tertiary/aromatic N) is 1. The number of ether oxygens (including phenoxy) is 2. The number of hydrogen-bond donors (Lipinski definition) is 1. The molecule has 1 saturated heterocycles. The van der Waals surface area contributed by atoms with Crippen LogP contribution in [0.25, 0.3) is 0 Å². The number of benzene rings is 1. The van der Waals surface area contributed by atoms with E-state index in [1.165, 1.54) is 0 Å². The second kappa shape index (κ2) is 8.04. The fourth-order valence-corrected chi connectivity index (χ4v) is 3.12. The highest BCUT2D eigenvalue weighted by Crippen LogP contribution is 2.28. The third-order valence-corrected chi connectivity index (χ3v) is 4.68. The topological polar surface area (TPSA) is 81.9 Å². The number of likely N-dealkylation sites (tertiary alicyclic amines) is 1. The highest BCUT2D eigenvalue weighted by molar-refractivity contribution is 5.80. The molecule has 0 aliphatic carbocycles. The number of carbonyl (C=O) groups excluding carboxylic acids is 2. The molecule has 1 fully saturated rings. The van der Waals surface area contributed by atoms with Gasteiger partial charge in [0.15, 0.2) is 11.5 Å². The van der Waals surface area contributed by atoms with E-state index in [0.717, 1.165) is 18.4 Å². The lowest BCUT2D eigenvalue weighted by Gasteiger charge is -2.37. The molecule has 6 nitrogen and oxygen atoms in total. The zero-order chi connectivity index (χ0) is 17.7. The van der Waals surface area contributed by atoms with Crippen molar-refractivity contribution in [1.82, 2.24) is 4.90 Å². The van der Waals surface area contributed by atoms with E-state index in [-0.39, 0.29) is 23.8 Å². The van der Waals surface area contributed by atoms with Crippen LogP contribution in [0.5, 0.6) is 11.5 Å². The smallest absolute Gasteiger partial charge is 0.223 e. The summed E-state index contributed by atoms with van der Waals surface area (Å²) in [5.41, 5.74) is 6.41. The minimum absolute atomic E-state index is 0.0586. The summed E-state index contributed by atoms with van der Waals surface area (Å²) in [6.45, 7) is 2.45. The standard InChI is InChI=1S/C18H26N2O4/c1-12-4-7-14(18(19)22)11-20(12)17(21)9-6-13-5-8-15(23-2)16(10-13)24-3/h5,8,10,12,14H,4,6-7,9,11H2,1-3H3,(H2,19,22)/t12-,14-/m1/s1. The monoisotopic (exact) mass is 334 g/mol. The Morgan fingerprint density at radius 2 is 1.92 bits per heavy atom. The number of hydrogen-bond acceptors (Lipinski definition) is 4. The van der Waals surface area contributed by atoms with Crippen LogP contribution in [0.3, 0.4) is 0 Å². The number of amides is 2. The zero-order valence-corrected chi connectivity index (χ0v) is 14.6. The second-order valence-corrected chi connectivity index (χ2v) is 6.26. The summed E-state index contributed by atoms with van der Waals surface area (Å²) in [4.78, 5) is 25.7. The van der Waals surface area contributed by atoms with Crippen molar-refractivity contribution in [1.29, 1.82) is 0 Å². The molecule has 2 N–H and O–H groups in total. The van der Waals surface area contributed by atoms with Crippen LogP contribution in [0.1, 0.15) is 31.7 Å². The molecule has 1 aliphatic rings. The summed E-state index contributed by atoms with van der Waals surface area (Å²) in [5, 5.41) is 0. The van der Waals surface area contributed by atoms with Crippen LogP contribution in [0.2, 0.25) is 0 Å². The van der Waals surface area contributed by atoms with Gasteiger partial charge in [0.25, 0.3) is 0 Å². The summed E-state index contributed by atoms with van der Waals surface area (Å²) in [5.74, 6) is 0.832. The SMILES string of the molecule is COc1ccc(CCC(=O)N2C[C@H](C(N)=O)CC[C@H]2C)cc1OC. The van der Waals surface area contributed by atoms with Crippen molar-refractivity contribution in [2.75, 3.05) is 20.8 Å². The summed E-state index contributed by atoms with van der Waals surface area (Å²) in [7, 11) is 3.18. The first-order chi connectivity index (χ1) is 11.5. The molecule has 24 heavy (non-hydrogen) atoms. The van der Waals surface area contributed by atoms with Crippen molar-refractivity contribution in [3.05, 3.63) is 23.8 Å². The first kappa shape index (κ1) is 18.1. The molecule has 6 heteroatoms. The van der Waals surface area contributed by atoms with Crippen LogP contribution in [0.15, 0.2) is 18.2 Å². The van der Waals surface area contributed by atoms with Gasteiger partial charge in [0.2, 0.25) is 11.8 Å². The molecule has 0 unspecified atom stereocenters. The Kier molecular flexibility index (Phi) is 6.06. The molecule has 1 aromatic carbocycles. The minimum atomic E-state index is -0.320. The number of nitrogens with two attached hydrogens (primary N) is 1. The van der Waals surface area contributed by atoms with Crippen LogP contribution < -0.4 is 15.2 Å². The molecule has 0 saturated carbocycles. The largest absolute Gasteiger partial charge is 0.493 e. The second-order valence-electron chi connectivity index (χ2n) is 6.26. The van der Waals surface area contributed by atoms with Gasteiger partial charge < -0.3 is 20.1 Å². The Bertz CT molecular complexity index is 603. The Morgan fingerprint density at radius 3 is 2.54 bits per heavy atom. The number of carbonyl (C=O) groups is 2. The van der Waals surface area contributed by atoms with E-state index < -0.39 is 0 Å². The average molecular weight is 334 g/mol. The van der Waals surface area contributed by atoms with E-state index in [0.29, 0.717) is 30.9 Å². The molecule has 0 bridgehead atoms. The number of methoxy groups -OCH3 is 2. The molecule has 1 aromatic rings. The third-order valence-electron chi connectivity index (χ3n) is 4.68. The number of rotatable bonds is 6. The van der Waals surface area contributed by atoms with Gasteiger partial charge in [-0.05, 0) is 43.9 Å². The van der Waals surface area contributed by atoms with Gasteiger partial charge >= 0.3 is 0 Å². The van der Waals surface area contributed by atoms with Crippen LogP contribution in [-0.2, 0) is 16.0 Å². The van der Waals surface area contributed by atoms with Gasteiger partial charge in [0.05, 0.1) is 20.1 Å². The molecule has 2 rings (SSSR count). The fourth-order valence-electron chi connectivity index (χ4n) is 3.12. The van der Waals surface area contributed by atoms with Crippen molar-refractivity contribution >= 4 is 11.8 Å². The van der Waals surface area contributed by atoms with Crippen molar-refractivity contribution in [2.24, 2.45) is 11.7 Å². The van der Waals surface area contributed by atoms with Crippen LogP contribution in [0, 0.1) is 5.92 Å². The molecule has 0 spiro atoms. The van der Waals surface area contributed by atoms with Gasteiger partial charge in [-0.15, -0.1) is 0 Å².